The number of hydrogen-bond donors (Lipinski definition) is 1. The van der Waals surface area contributed by atoms with Gasteiger partial charge in [0.1, 0.15) is 0 Å². The van der Waals surface area contributed by atoms with E-state index >= 15 is 0 Å². The molecule has 2 rings (SSSR count). The molecule has 0 bridgehead atoms. The molecule has 4 nitrogen and oxygen atoms in total. The lowest BCUT2D eigenvalue weighted by molar-refractivity contribution is -0.140. The van der Waals surface area contributed by atoms with Crippen LogP contribution in [0, 0.1) is 5.41 Å². The summed E-state index contributed by atoms with van der Waals surface area (Å²) >= 11 is 0. The number of ether oxygens (including phenoxy) is 1. The van der Waals surface area contributed by atoms with E-state index in [9.17, 15) is 4.79 Å². The van der Waals surface area contributed by atoms with Gasteiger partial charge >= 0.3 is 0 Å². The largest absolute Gasteiger partial charge is 0.377 e. The van der Waals surface area contributed by atoms with E-state index in [1.807, 2.05) is 11.8 Å². The molecule has 4 heteroatoms. The molecular weight excluding hydrogens is 204 g/mol. The molecule has 16 heavy (non-hydrogen) atoms. The van der Waals surface area contributed by atoms with E-state index in [2.05, 4.69) is 0 Å². The first-order valence-electron chi connectivity index (χ1n) is 6.33. The monoisotopic (exact) mass is 226 g/mol. The molecule has 1 saturated heterocycles. The molecule has 92 valence electrons. The molecule has 1 atom stereocenters. The highest BCUT2D eigenvalue weighted by Gasteiger charge is 2.50. The molecule has 1 saturated carbocycles. The molecule has 2 aliphatic rings. The van der Waals surface area contributed by atoms with Crippen LogP contribution in [0.5, 0.6) is 0 Å². The standard InChI is InChI=1S/C12H22N2O2/c1-2-16-10-4-3-7-14(8-10)11(15)12(9-13)5-6-12/h10H,2-9,13H2,1H3. The fourth-order valence-corrected chi connectivity index (χ4v) is 2.49. The van der Waals surface area contributed by atoms with E-state index in [1.54, 1.807) is 0 Å². The zero-order valence-corrected chi connectivity index (χ0v) is 10.1. The number of carbonyl (C=O) groups is 1. The van der Waals surface area contributed by atoms with Gasteiger partial charge in [-0.25, -0.2) is 0 Å². The van der Waals surface area contributed by atoms with Crippen LogP contribution in [0.2, 0.25) is 0 Å². The van der Waals surface area contributed by atoms with Gasteiger partial charge in [0.15, 0.2) is 0 Å². The maximum Gasteiger partial charge on any atom is 0.230 e. The third-order valence-electron chi connectivity index (χ3n) is 3.77. The lowest BCUT2D eigenvalue weighted by Crippen LogP contribution is -2.47. The van der Waals surface area contributed by atoms with Gasteiger partial charge in [-0.15, -0.1) is 0 Å². The van der Waals surface area contributed by atoms with E-state index in [1.165, 1.54) is 0 Å². The molecule has 1 heterocycles. The first-order chi connectivity index (χ1) is 7.72. The molecule has 1 aliphatic carbocycles. The Bertz CT molecular complexity index is 262. The van der Waals surface area contributed by atoms with E-state index in [-0.39, 0.29) is 17.4 Å². The van der Waals surface area contributed by atoms with Gasteiger partial charge in [0.2, 0.25) is 5.91 Å². The van der Waals surface area contributed by atoms with Crippen LogP contribution in [0.25, 0.3) is 0 Å². The summed E-state index contributed by atoms with van der Waals surface area (Å²) in [5.74, 6) is 0.263. The Morgan fingerprint density at radius 3 is 2.88 bits per heavy atom. The van der Waals surface area contributed by atoms with Crippen LogP contribution >= 0.6 is 0 Å². The van der Waals surface area contributed by atoms with E-state index in [4.69, 9.17) is 10.5 Å². The van der Waals surface area contributed by atoms with Gasteiger partial charge in [0.25, 0.3) is 0 Å². The number of piperidine rings is 1. The Labute approximate surface area is 97.1 Å². The maximum atomic E-state index is 12.3. The van der Waals surface area contributed by atoms with Crippen molar-refractivity contribution in [2.75, 3.05) is 26.2 Å². The minimum Gasteiger partial charge on any atom is -0.377 e. The van der Waals surface area contributed by atoms with Crippen molar-refractivity contribution in [2.24, 2.45) is 11.1 Å². The second-order valence-corrected chi connectivity index (χ2v) is 4.96. The fourth-order valence-electron chi connectivity index (χ4n) is 2.49. The van der Waals surface area contributed by atoms with Crippen LogP contribution in [0.3, 0.4) is 0 Å². The predicted molar refractivity (Wildman–Crippen MR) is 61.9 cm³/mol. The molecule has 0 aromatic rings. The molecule has 0 spiro atoms. The van der Waals surface area contributed by atoms with Crippen LogP contribution in [-0.2, 0) is 9.53 Å². The van der Waals surface area contributed by atoms with Crippen LogP contribution in [-0.4, -0.2) is 43.2 Å². The number of carbonyl (C=O) groups excluding carboxylic acids is 1. The fraction of sp³-hybridized carbons (Fsp3) is 0.917. The quantitative estimate of drug-likeness (QED) is 0.769. The second kappa shape index (κ2) is 4.72. The second-order valence-electron chi connectivity index (χ2n) is 4.96. The van der Waals surface area contributed by atoms with Crippen molar-refractivity contribution in [1.82, 2.24) is 4.90 Å². The van der Waals surface area contributed by atoms with Gasteiger partial charge in [-0.3, -0.25) is 4.79 Å². The van der Waals surface area contributed by atoms with Crippen LogP contribution in [0.4, 0.5) is 0 Å². The van der Waals surface area contributed by atoms with Crippen molar-refractivity contribution in [3.8, 4) is 0 Å². The summed E-state index contributed by atoms with van der Waals surface area (Å²) in [6.45, 7) is 4.87. The highest BCUT2D eigenvalue weighted by atomic mass is 16.5. The number of rotatable bonds is 4. The van der Waals surface area contributed by atoms with Crippen LogP contribution in [0.15, 0.2) is 0 Å². The third kappa shape index (κ3) is 2.23. The summed E-state index contributed by atoms with van der Waals surface area (Å²) in [6, 6.07) is 0. The maximum absolute atomic E-state index is 12.3. The van der Waals surface area contributed by atoms with E-state index in [0.717, 1.165) is 45.4 Å². The molecule has 1 aliphatic heterocycles. The van der Waals surface area contributed by atoms with Crippen LogP contribution < -0.4 is 5.73 Å². The minimum absolute atomic E-state index is 0.200. The Morgan fingerprint density at radius 1 is 1.56 bits per heavy atom. The molecule has 0 aromatic carbocycles. The molecule has 0 aromatic heterocycles. The first-order valence-corrected chi connectivity index (χ1v) is 6.33. The van der Waals surface area contributed by atoms with Crippen LogP contribution in [0.1, 0.15) is 32.6 Å². The summed E-state index contributed by atoms with van der Waals surface area (Å²) in [5, 5.41) is 0. The van der Waals surface area contributed by atoms with Gasteiger partial charge < -0.3 is 15.4 Å². The molecule has 1 amide bonds. The van der Waals surface area contributed by atoms with E-state index in [0.29, 0.717) is 6.54 Å². The lowest BCUT2D eigenvalue weighted by Gasteiger charge is -2.34. The topological polar surface area (TPSA) is 55.6 Å². The molecule has 1 unspecified atom stereocenters. The summed E-state index contributed by atoms with van der Waals surface area (Å²) < 4.78 is 5.60. The number of nitrogens with zero attached hydrogens (tertiary/aromatic N) is 1. The highest BCUT2D eigenvalue weighted by molar-refractivity contribution is 5.85. The average molecular weight is 226 g/mol. The number of nitrogens with two attached hydrogens (primary N) is 1. The normalized spacial score (nSPS) is 27.9. The number of amides is 1. The number of likely N-dealkylation sites (tertiary alicyclic amines) is 1. The Hall–Kier alpha value is -0.610. The van der Waals surface area contributed by atoms with Crippen molar-refractivity contribution in [3.05, 3.63) is 0 Å². The van der Waals surface area contributed by atoms with Crippen molar-refractivity contribution in [3.63, 3.8) is 0 Å². The Kier molecular flexibility index (Phi) is 3.50. The zero-order chi connectivity index (χ0) is 11.6. The van der Waals surface area contributed by atoms with Gasteiger partial charge in [-0.2, -0.15) is 0 Å². The van der Waals surface area contributed by atoms with Gasteiger partial charge in [0, 0.05) is 26.2 Å². The van der Waals surface area contributed by atoms with Crippen molar-refractivity contribution in [2.45, 2.75) is 38.7 Å². The summed E-state index contributed by atoms with van der Waals surface area (Å²) in [7, 11) is 0. The molecular formula is C12H22N2O2. The summed E-state index contributed by atoms with van der Waals surface area (Å²) in [6.07, 6.45) is 4.30. The minimum atomic E-state index is -0.200. The zero-order valence-electron chi connectivity index (χ0n) is 10.1. The van der Waals surface area contributed by atoms with Gasteiger partial charge in [-0.1, -0.05) is 0 Å². The average Bonchev–Trinajstić information content (AvgIpc) is 3.10. The molecule has 2 N–H and O–H groups in total. The first kappa shape index (κ1) is 11.9. The summed E-state index contributed by atoms with van der Waals surface area (Å²) in [4.78, 5) is 14.2. The highest BCUT2D eigenvalue weighted by Crippen LogP contribution is 2.46. The van der Waals surface area contributed by atoms with Gasteiger partial charge in [-0.05, 0) is 32.6 Å². The third-order valence-corrected chi connectivity index (χ3v) is 3.77. The smallest absolute Gasteiger partial charge is 0.230 e. The lowest BCUT2D eigenvalue weighted by atomic mass is 10.0. The Balaban J connectivity index is 1.91. The SMILES string of the molecule is CCOC1CCCN(C(=O)C2(CN)CC2)C1. The van der Waals surface area contributed by atoms with Crippen molar-refractivity contribution in [1.29, 1.82) is 0 Å². The van der Waals surface area contributed by atoms with Gasteiger partial charge in [0.05, 0.1) is 11.5 Å². The van der Waals surface area contributed by atoms with Crippen molar-refractivity contribution >= 4 is 5.91 Å². The number of hydrogen-bond acceptors (Lipinski definition) is 3. The molecule has 2 fully saturated rings. The van der Waals surface area contributed by atoms with E-state index < -0.39 is 0 Å². The summed E-state index contributed by atoms with van der Waals surface area (Å²) in [5.41, 5.74) is 5.49. The van der Waals surface area contributed by atoms with Crippen molar-refractivity contribution < 1.29 is 9.53 Å². The molecule has 0 radical (unpaired) electrons. The Morgan fingerprint density at radius 2 is 2.31 bits per heavy atom. The predicted octanol–water partition coefficient (Wildman–Crippen LogP) is 0.753.